The first-order valence-corrected chi connectivity index (χ1v) is 7.55. The lowest BCUT2D eigenvalue weighted by Gasteiger charge is -2.02. The van der Waals surface area contributed by atoms with E-state index >= 15 is 0 Å². The summed E-state index contributed by atoms with van der Waals surface area (Å²) in [5.74, 6) is 1.59. The second-order valence-electron chi connectivity index (χ2n) is 4.83. The molecule has 0 amide bonds. The van der Waals surface area contributed by atoms with Crippen molar-refractivity contribution in [1.82, 2.24) is 15.5 Å². The van der Waals surface area contributed by atoms with Gasteiger partial charge in [-0.15, -0.1) is 22.6 Å². The van der Waals surface area contributed by atoms with Crippen LogP contribution < -0.4 is 5.32 Å². The van der Waals surface area contributed by atoms with Gasteiger partial charge in [0, 0.05) is 5.75 Å². The Labute approximate surface area is 129 Å². The Kier molecular flexibility index (Phi) is 5.46. The molecule has 6 heteroatoms. The molecule has 4 nitrogen and oxygen atoms in total. The molecule has 2 heterocycles. The highest BCUT2D eigenvalue weighted by Crippen LogP contribution is 2.26. The number of aryl methyl sites for hydroxylation is 1. The van der Waals surface area contributed by atoms with E-state index in [0.717, 1.165) is 24.6 Å². The van der Waals surface area contributed by atoms with Crippen molar-refractivity contribution in [1.29, 1.82) is 0 Å². The molecule has 2 aromatic rings. The molecule has 1 aromatic heterocycles. The number of halogens is 1. The number of hydrogen-bond acceptors (Lipinski definition) is 5. The molecule has 1 aliphatic rings. The van der Waals surface area contributed by atoms with Gasteiger partial charge in [0.05, 0.1) is 6.04 Å². The standard InChI is InChI=1S/C14H17N3OS.ClH/c1-10-4-6-11(7-5-10)9-19-14-17-16-13(18-14)12-3-2-8-15-12;/h4-7,12,15H,2-3,8-9H2,1H3;1H. The SMILES string of the molecule is Cc1ccc(CSc2nnc(C3CCCN3)o2)cc1.Cl. The predicted octanol–water partition coefficient (Wildman–Crippen LogP) is 3.52. The third-order valence-corrected chi connectivity index (χ3v) is 4.15. The lowest BCUT2D eigenvalue weighted by Crippen LogP contribution is -2.12. The molecule has 1 aliphatic heterocycles. The zero-order valence-electron chi connectivity index (χ0n) is 11.3. The minimum atomic E-state index is 0. The van der Waals surface area contributed by atoms with Gasteiger partial charge in [-0.3, -0.25) is 0 Å². The van der Waals surface area contributed by atoms with Crippen LogP contribution in [0.1, 0.15) is 35.9 Å². The molecule has 108 valence electrons. The number of thioether (sulfide) groups is 1. The van der Waals surface area contributed by atoms with Crippen molar-refractivity contribution in [3.05, 3.63) is 41.3 Å². The van der Waals surface area contributed by atoms with Crippen LogP contribution >= 0.6 is 24.2 Å². The van der Waals surface area contributed by atoms with E-state index in [-0.39, 0.29) is 18.4 Å². The molecule has 3 rings (SSSR count). The van der Waals surface area contributed by atoms with Crippen molar-refractivity contribution in [3.8, 4) is 0 Å². The zero-order chi connectivity index (χ0) is 13.1. The van der Waals surface area contributed by atoms with Crippen LogP contribution in [0.4, 0.5) is 0 Å². The van der Waals surface area contributed by atoms with Crippen molar-refractivity contribution in [2.75, 3.05) is 6.54 Å². The maximum atomic E-state index is 5.69. The Bertz CT molecular complexity index is 538. The molecular formula is C14H18ClN3OS. The molecule has 1 unspecified atom stereocenters. The largest absolute Gasteiger partial charge is 0.414 e. The van der Waals surface area contributed by atoms with Crippen molar-refractivity contribution < 1.29 is 4.42 Å². The number of rotatable bonds is 4. The van der Waals surface area contributed by atoms with Crippen LogP contribution in [0.3, 0.4) is 0 Å². The average molecular weight is 312 g/mol. The molecule has 1 fully saturated rings. The van der Waals surface area contributed by atoms with E-state index < -0.39 is 0 Å². The lowest BCUT2D eigenvalue weighted by molar-refractivity contribution is 0.374. The van der Waals surface area contributed by atoms with Gasteiger partial charge in [-0.2, -0.15) is 0 Å². The van der Waals surface area contributed by atoms with E-state index in [1.165, 1.54) is 17.5 Å². The summed E-state index contributed by atoms with van der Waals surface area (Å²) < 4.78 is 5.69. The molecule has 0 bridgehead atoms. The second-order valence-corrected chi connectivity index (χ2v) is 5.76. The first kappa shape index (κ1) is 15.4. The number of hydrogen-bond donors (Lipinski definition) is 1. The molecule has 0 radical (unpaired) electrons. The average Bonchev–Trinajstić information content (AvgIpc) is 3.09. The second kappa shape index (κ2) is 7.11. The fraction of sp³-hybridized carbons (Fsp3) is 0.429. The van der Waals surface area contributed by atoms with Gasteiger partial charge in [0.15, 0.2) is 0 Å². The van der Waals surface area contributed by atoms with Gasteiger partial charge in [0.2, 0.25) is 5.89 Å². The quantitative estimate of drug-likeness (QED) is 0.876. The maximum Gasteiger partial charge on any atom is 0.276 e. The molecular weight excluding hydrogens is 294 g/mol. The summed E-state index contributed by atoms with van der Waals surface area (Å²) in [6.07, 6.45) is 2.27. The molecule has 0 aliphatic carbocycles. The summed E-state index contributed by atoms with van der Waals surface area (Å²) in [4.78, 5) is 0. The van der Waals surface area contributed by atoms with E-state index in [9.17, 15) is 0 Å². The summed E-state index contributed by atoms with van der Waals surface area (Å²) in [5, 5.41) is 12.2. The predicted molar refractivity (Wildman–Crippen MR) is 82.3 cm³/mol. The Balaban J connectivity index is 0.00000147. The smallest absolute Gasteiger partial charge is 0.276 e. The molecule has 1 saturated heterocycles. The Hall–Kier alpha value is -1.04. The molecule has 1 atom stereocenters. The normalized spacial score (nSPS) is 17.9. The van der Waals surface area contributed by atoms with Crippen molar-refractivity contribution in [2.45, 2.75) is 36.8 Å². The summed E-state index contributed by atoms with van der Waals surface area (Å²) >= 11 is 1.59. The number of nitrogens with one attached hydrogen (secondary N) is 1. The summed E-state index contributed by atoms with van der Waals surface area (Å²) in [6, 6.07) is 8.77. The minimum Gasteiger partial charge on any atom is -0.414 e. The summed E-state index contributed by atoms with van der Waals surface area (Å²) in [5.41, 5.74) is 2.55. The highest BCUT2D eigenvalue weighted by molar-refractivity contribution is 7.98. The maximum absolute atomic E-state index is 5.69. The molecule has 1 aromatic carbocycles. The van der Waals surface area contributed by atoms with Gasteiger partial charge in [-0.25, -0.2) is 0 Å². The third kappa shape index (κ3) is 3.75. The first-order chi connectivity index (χ1) is 9.31. The third-order valence-electron chi connectivity index (χ3n) is 3.26. The molecule has 1 N–H and O–H groups in total. The minimum absolute atomic E-state index is 0. The summed E-state index contributed by atoms with van der Waals surface area (Å²) in [6.45, 7) is 3.13. The van der Waals surface area contributed by atoms with E-state index in [4.69, 9.17) is 4.42 Å². The van der Waals surface area contributed by atoms with Crippen LogP contribution in [0.5, 0.6) is 0 Å². The first-order valence-electron chi connectivity index (χ1n) is 6.56. The molecule has 0 spiro atoms. The zero-order valence-corrected chi connectivity index (χ0v) is 13.0. The fourth-order valence-electron chi connectivity index (χ4n) is 2.14. The van der Waals surface area contributed by atoms with Crippen molar-refractivity contribution in [2.24, 2.45) is 0 Å². The van der Waals surface area contributed by atoms with Gasteiger partial charge in [0.25, 0.3) is 5.22 Å². The van der Waals surface area contributed by atoms with Gasteiger partial charge in [0.1, 0.15) is 0 Å². The van der Waals surface area contributed by atoms with Crippen LogP contribution in [0.2, 0.25) is 0 Å². The van der Waals surface area contributed by atoms with E-state index in [0.29, 0.717) is 5.22 Å². The van der Waals surface area contributed by atoms with Crippen LogP contribution in [0.15, 0.2) is 33.9 Å². The van der Waals surface area contributed by atoms with E-state index in [1.807, 2.05) is 0 Å². The Morgan fingerprint density at radius 3 is 2.80 bits per heavy atom. The Morgan fingerprint density at radius 2 is 2.10 bits per heavy atom. The van der Waals surface area contributed by atoms with Gasteiger partial charge >= 0.3 is 0 Å². The highest BCUT2D eigenvalue weighted by Gasteiger charge is 2.22. The molecule has 20 heavy (non-hydrogen) atoms. The van der Waals surface area contributed by atoms with E-state index in [2.05, 4.69) is 46.7 Å². The van der Waals surface area contributed by atoms with Crippen LogP contribution in [0, 0.1) is 6.92 Å². The van der Waals surface area contributed by atoms with Gasteiger partial charge < -0.3 is 9.73 Å². The summed E-state index contributed by atoms with van der Waals surface area (Å²) in [7, 11) is 0. The fourth-order valence-corrected chi connectivity index (χ4v) is 2.87. The lowest BCUT2D eigenvalue weighted by atomic mass is 10.2. The monoisotopic (exact) mass is 311 g/mol. The van der Waals surface area contributed by atoms with Crippen LogP contribution in [0.25, 0.3) is 0 Å². The topological polar surface area (TPSA) is 51.0 Å². The van der Waals surface area contributed by atoms with Gasteiger partial charge in [-0.05, 0) is 31.9 Å². The molecule has 0 saturated carbocycles. The van der Waals surface area contributed by atoms with Crippen molar-refractivity contribution >= 4 is 24.2 Å². The Morgan fingerprint density at radius 1 is 1.30 bits per heavy atom. The number of nitrogens with zero attached hydrogens (tertiary/aromatic N) is 2. The van der Waals surface area contributed by atoms with Crippen molar-refractivity contribution in [3.63, 3.8) is 0 Å². The van der Waals surface area contributed by atoms with Gasteiger partial charge in [-0.1, -0.05) is 41.6 Å². The number of benzene rings is 1. The highest BCUT2D eigenvalue weighted by atomic mass is 35.5. The van der Waals surface area contributed by atoms with E-state index in [1.54, 1.807) is 11.8 Å². The van der Waals surface area contributed by atoms with Crippen LogP contribution in [-0.2, 0) is 5.75 Å². The number of aromatic nitrogens is 2. The van der Waals surface area contributed by atoms with Crippen LogP contribution in [-0.4, -0.2) is 16.7 Å².